The van der Waals surface area contributed by atoms with Crippen molar-refractivity contribution in [3.8, 4) is 11.5 Å². The lowest BCUT2D eigenvalue weighted by atomic mass is 10.1. The second-order valence-electron chi connectivity index (χ2n) is 9.29. The number of benzene rings is 1. The van der Waals surface area contributed by atoms with Crippen LogP contribution in [0, 0.1) is 11.8 Å². The highest BCUT2D eigenvalue weighted by atomic mass is 16.7. The molecule has 10 nitrogen and oxygen atoms in total. The molecule has 36 heavy (non-hydrogen) atoms. The second kappa shape index (κ2) is 14.4. The first kappa shape index (κ1) is 30.9. The minimum Gasteiger partial charge on any atom is -0.458 e. The summed E-state index contributed by atoms with van der Waals surface area (Å²) in [7, 11) is 0. The Labute approximate surface area is 212 Å². The van der Waals surface area contributed by atoms with E-state index in [0.29, 0.717) is 12.0 Å². The molecule has 0 aliphatic rings. The monoisotopic (exact) mass is 509 g/mol. The van der Waals surface area contributed by atoms with Gasteiger partial charge in [0.2, 0.25) is 0 Å². The lowest BCUT2D eigenvalue weighted by molar-refractivity contribution is -0.155. The van der Waals surface area contributed by atoms with Gasteiger partial charge in [0, 0.05) is 0 Å². The minimum absolute atomic E-state index is 0.0518. The molecule has 1 aromatic rings. The molecule has 0 radical (unpaired) electrons. The predicted molar refractivity (Wildman–Crippen MR) is 131 cm³/mol. The van der Waals surface area contributed by atoms with E-state index in [1.165, 1.54) is 12.1 Å². The maximum Gasteiger partial charge on any atom is 0.508 e. The van der Waals surface area contributed by atoms with Crippen LogP contribution in [-0.4, -0.2) is 48.4 Å². The summed E-state index contributed by atoms with van der Waals surface area (Å²) in [4.78, 5) is 48.5. The van der Waals surface area contributed by atoms with Gasteiger partial charge in [0.25, 0.3) is 0 Å². The highest BCUT2D eigenvalue weighted by Gasteiger charge is 2.26. The molecule has 0 fully saturated rings. The Morgan fingerprint density at radius 2 is 1.28 bits per heavy atom. The highest BCUT2D eigenvalue weighted by molar-refractivity contribution is 5.78. The molecular formula is C26H39NO9. The van der Waals surface area contributed by atoms with Gasteiger partial charge in [-0.2, -0.15) is 0 Å². The second-order valence-corrected chi connectivity index (χ2v) is 9.29. The molecule has 0 bridgehead atoms. The zero-order chi connectivity index (χ0) is 27.6. The molecule has 1 aromatic carbocycles. The van der Waals surface area contributed by atoms with E-state index in [1.54, 1.807) is 54.5 Å². The van der Waals surface area contributed by atoms with Crippen LogP contribution in [0.15, 0.2) is 18.2 Å². The van der Waals surface area contributed by atoms with E-state index in [9.17, 15) is 19.2 Å². The maximum atomic E-state index is 12.5. The van der Waals surface area contributed by atoms with E-state index < -0.39 is 48.2 Å². The van der Waals surface area contributed by atoms with Crippen molar-refractivity contribution in [1.82, 2.24) is 0 Å². The van der Waals surface area contributed by atoms with Crippen LogP contribution in [0.25, 0.3) is 0 Å². The molecule has 0 aromatic heterocycles. The molecule has 1 rings (SSSR count). The number of carbonyl (C=O) groups is 4. The van der Waals surface area contributed by atoms with Gasteiger partial charge >= 0.3 is 24.1 Å². The molecule has 0 amide bonds. The molecule has 0 saturated heterocycles. The van der Waals surface area contributed by atoms with Gasteiger partial charge in [-0.3, -0.25) is 14.4 Å². The molecule has 4 atom stereocenters. The lowest BCUT2D eigenvalue weighted by Gasteiger charge is -2.23. The lowest BCUT2D eigenvalue weighted by Crippen LogP contribution is -2.39. The zero-order valence-electron chi connectivity index (χ0n) is 22.4. The predicted octanol–water partition coefficient (Wildman–Crippen LogP) is 3.95. The topological polar surface area (TPSA) is 140 Å². The molecule has 202 valence electrons. The number of hydrogen-bond donors (Lipinski definition) is 1. The van der Waals surface area contributed by atoms with Crippen LogP contribution < -0.4 is 15.2 Å². The first-order valence-electron chi connectivity index (χ1n) is 12.1. The van der Waals surface area contributed by atoms with Gasteiger partial charge < -0.3 is 29.4 Å². The van der Waals surface area contributed by atoms with Gasteiger partial charge in [-0.15, -0.1) is 0 Å². The average molecular weight is 510 g/mol. The van der Waals surface area contributed by atoms with Crippen LogP contribution in [0.5, 0.6) is 11.5 Å². The van der Waals surface area contributed by atoms with Crippen molar-refractivity contribution in [1.29, 1.82) is 0 Å². The van der Waals surface area contributed by atoms with Gasteiger partial charge in [-0.1, -0.05) is 40.7 Å². The summed E-state index contributed by atoms with van der Waals surface area (Å²) in [5, 5.41) is 0. The zero-order valence-corrected chi connectivity index (χ0v) is 22.4. The van der Waals surface area contributed by atoms with Crippen molar-refractivity contribution in [2.75, 3.05) is 0 Å². The minimum atomic E-state index is -1.05. The Hall–Kier alpha value is -3.14. The normalized spacial score (nSPS) is 14.4. The molecular weight excluding hydrogens is 470 g/mol. The van der Waals surface area contributed by atoms with Crippen molar-refractivity contribution in [3.63, 3.8) is 0 Å². The number of rotatable bonds is 12. The Bertz CT molecular complexity index is 913. The number of carbonyl (C=O) groups excluding carboxylic acids is 4. The van der Waals surface area contributed by atoms with Crippen LogP contribution in [0.4, 0.5) is 4.79 Å². The van der Waals surface area contributed by atoms with Crippen molar-refractivity contribution in [3.05, 3.63) is 23.8 Å². The van der Waals surface area contributed by atoms with Gasteiger partial charge in [0.05, 0.1) is 11.8 Å². The Morgan fingerprint density at radius 1 is 0.750 bits per heavy atom. The number of nitrogens with two attached hydrogens (primary N) is 1. The summed E-state index contributed by atoms with van der Waals surface area (Å²) < 4.78 is 26.3. The molecule has 1 unspecified atom stereocenters. The van der Waals surface area contributed by atoms with E-state index in [-0.39, 0.29) is 29.9 Å². The standard InChI is InChI=1S/C26H39NO9/c1-9-16(6)32-26(31)34-18(8)17(7)33-25(30)20(27)12-19-10-11-21(35-23(28)14(2)3)22(13-19)36-24(29)15(4)5/h10-11,13-18,20H,9,12,27H2,1-8H3/t16?,17-,18-,20-/m0/s1. The quantitative estimate of drug-likeness (QED) is 0.325. The van der Waals surface area contributed by atoms with Gasteiger partial charge in [-0.25, -0.2) is 4.79 Å². The molecule has 0 aliphatic heterocycles. The van der Waals surface area contributed by atoms with Gasteiger partial charge in [0.1, 0.15) is 24.4 Å². The van der Waals surface area contributed by atoms with Crippen molar-refractivity contribution in [2.45, 2.75) is 92.6 Å². The van der Waals surface area contributed by atoms with Gasteiger partial charge in [0.15, 0.2) is 11.5 Å². The van der Waals surface area contributed by atoms with E-state index in [0.717, 1.165) is 0 Å². The molecule has 0 heterocycles. The molecule has 0 spiro atoms. The summed E-state index contributed by atoms with van der Waals surface area (Å²) in [5.74, 6) is -2.35. The summed E-state index contributed by atoms with van der Waals surface area (Å²) in [5.41, 5.74) is 6.60. The average Bonchev–Trinajstić information content (AvgIpc) is 2.79. The molecule has 0 saturated carbocycles. The van der Waals surface area contributed by atoms with E-state index in [1.807, 2.05) is 6.92 Å². The van der Waals surface area contributed by atoms with E-state index in [4.69, 9.17) is 29.4 Å². The Balaban J connectivity index is 2.87. The summed E-state index contributed by atoms with van der Waals surface area (Å²) >= 11 is 0. The fraction of sp³-hybridized carbons (Fsp3) is 0.615. The van der Waals surface area contributed by atoms with Crippen molar-refractivity contribution in [2.24, 2.45) is 17.6 Å². The third-order valence-corrected chi connectivity index (χ3v) is 5.25. The molecule has 2 N–H and O–H groups in total. The van der Waals surface area contributed by atoms with Crippen LogP contribution in [-0.2, 0) is 35.0 Å². The maximum absolute atomic E-state index is 12.5. The Morgan fingerprint density at radius 3 is 1.81 bits per heavy atom. The number of esters is 3. The number of ether oxygens (including phenoxy) is 5. The summed E-state index contributed by atoms with van der Waals surface area (Å²) in [6.07, 6.45) is -1.96. The van der Waals surface area contributed by atoms with Crippen molar-refractivity contribution >= 4 is 24.1 Å². The highest BCUT2D eigenvalue weighted by Crippen LogP contribution is 2.30. The Kier molecular flexibility index (Phi) is 12.4. The van der Waals surface area contributed by atoms with E-state index >= 15 is 0 Å². The SMILES string of the molecule is CCC(C)OC(=O)O[C@@H](C)[C@H](C)OC(=O)[C@@H](N)Cc1ccc(OC(=O)C(C)C)c(OC(=O)C(C)C)c1. The van der Waals surface area contributed by atoms with Gasteiger partial charge in [-0.05, 0) is 51.3 Å². The molecule has 10 heteroatoms. The summed E-state index contributed by atoms with van der Waals surface area (Å²) in [6.45, 7) is 13.5. The fourth-order valence-electron chi connectivity index (χ4n) is 2.52. The van der Waals surface area contributed by atoms with Crippen LogP contribution >= 0.6 is 0 Å². The largest absolute Gasteiger partial charge is 0.508 e. The third kappa shape index (κ3) is 10.2. The van der Waals surface area contributed by atoms with Crippen molar-refractivity contribution < 1.29 is 42.9 Å². The summed E-state index contributed by atoms with van der Waals surface area (Å²) in [6, 6.07) is 3.54. The van der Waals surface area contributed by atoms with Crippen LogP contribution in [0.2, 0.25) is 0 Å². The first-order chi connectivity index (χ1) is 16.7. The van der Waals surface area contributed by atoms with E-state index in [2.05, 4.69) is 0 Å². The fourth-order valence-corrected chi connectivity index (χ4v) is 2.52. The van der Waals surface area contributed by atoms with Crippen LogP contribution in [0.1, 0.15) is 67.4 Å². The molecule has 0 aliphatic carbocycles. The van der Waals surface area contributed by atoms with Crippen LogP contribution in [0.3, 0.4) is 0 Å². The first-order valence-corrected chi connectivity index (χ1v) is 12.1. The smallest absolute Gasteiger partial charge is 0.458 e. The third-order valence-electron chi connectivity index (χ3n) is 5.25. The number of hydrogen-bond acceptors (Lipinski definition) is 10.